The summed E-state index contributed by atoms with van der Waals surface area (Å²) in [5.41, 5.74) is -0.208. The number of hydrogen-bond donors (Lipinski definition) is 2. The zero-order valence-corrected chi connectivity index (χ0v) is 11.5. The highest BCUT2D eigenvalue weighted by atomic mass is 16.4. The molecule has 0 aliphatic heterocycles. The SMILES string of the molecule is Cc1nnc(CNCC2(O)CCC(C)(C)CC2)o1. The first kappa shape index (κ1) is 13.5. The van der Waals surface area contributed by atoms with Gasteiger partial charge in [-0.25, -0.2) is 0 Å². The van der Waals surface area contributed by atoms with Crippen LogP contribution in [0, 0.1) is 12.3 Å². The summed E-state index contributed by atoms with van der Waals surface area (Å²) in [7, 11) is 0. The van der Waals surface area contributed by atoms with Gasteiger partial charge < -0.3 is 14.8 Å². The highest BCUT2D eigenvalue weighted by Gasteiger charge is 2.36. The molecule has 0 bridgehead atoms. The maximum Gasteiger partial charge on any atom is 0.230 e. The summed E-state index contributed by atoms with van der Waals surface area (Å²) >= 11 is 0. The second-order valence-corrected chi connectivity index (χ2v) is 6.21. The van der Waals surface area contributed by atoms with Gasteiger partial charge in [0.05, 0.1) is 12.1 Å². The van der Waals surface area contributed by atoms with Gasteiger partial charge in [0.15, 0.2) is 0 Å². The number of aliphatic hydroxyl groups is 1. The maximum absolute atomic E-state index is 10.5. The van der Waals surface area contributed by atoms with E-state index in [0.29, 0.717) is 30.3 Å². The predicted octanol–water partition coefficient (Wildman–Crippen LogP) is 1.80. The van der Waals surface area contributed by atoms with Gasteiger partial charge in [-0.15, -0.1) is 10.2 Å². The van der Waals surface area contributed by atoms with Crippen molar-refractivity contribution in [3.8, 4) is 0 Å². The first-order valence-electron chi connectivity index (χ1n) is 6.61. The number of nitrogens with zero attached hydrogens (tertiary/aromatic N) is 2. The van der Waals surface area contributed by atoms with Gasteiger partial charge in [-0.3, -0.25) is 0 Å². The lowest BCUT2D eigenvalue weighted by atomic mass is 9.71. The molecule has 2 N–H and O–H groups in total. The molecule has 1 heterocycles. The minimum Gasteiger partial charge on any atom is -0.424 e. The van der Waals surface area contributed by atoms with E-state index in [4.69, 9.17) is 4.42 Å². The first-order chi connectivity index (χ1) is 8.39. The Balaban J connectivity index is 1.76. The summed E-state index contributed by atoms with van der Waals surface area (Å²) in [5, 5.41) is 21.3. The van der Waals surface area contributed by atoms with Crippen LogP contribution in [0.2, 0.25) is 0 Å². The number of hydrogen-bond acceptors (Lipinski definition) is 5. The van der Waals surface area contributed by atoms with Crippen molar-refractivity contribution in [2.24, 2.45) is 5.41 Å². The average molecular weight is 253 g/mol. The summed E-state index contributed by atoms with van der Waals surface area (Å²) in [6.07, 6.45) is 3.86. The molecule has 2 rings (SSSR count). The van der Waals surface area contributed by atoms with Crippen molar-refractivity contribution in [1.29, 1.82) is 0 Å². The van der Waals surface area contributed by atoms with Crippen LogP contribution in [0.15, 0.2) is 4.42 Å². The van der Waals surface area contributed by atoms with Gasteiger partial charge in [0.1, 0.15) is 0 Å². The van der Waals surface area contributed by atoms with Gasteiger partial charge in [-0.1, -0.05) is 13.8 Å². The molecule has 5 nitrogen and oxygen atoms in total. The number of aromatic nitrogens is 2. The van der Waals surface area contributed by atoms with E-state index in [0.717, 1.165) is 25.7 Å². The Labute approximate surface area is 108 Å². The van der Waals surface area contributed by atoms with Crippen LogP contribution in [0.4, 0.5) is 0 Å². The largest absolute Gasteiger partial charge is 0.424 e. The van der Waals surface area contributed by atoms with E-state index in [-0.39, 0.29) is 0 Å². The highest BCUT2D eigenvalue weighted by Crippen LogP contribution is 2.39. The minimum atomic E-state index is -0.579. The lowest BCUT2D eigenvalue weighted by molar-refractivity contribution is -0.0247. The highest BCUT2D eigenvalue weighted by molar-refractivity contribution is 4.91. The van der Waals surface area contributed by atoms with E-state index in [1.54, 1.807) is 6.92 Å². The molecule has 0 amide bonds. The molecule has 0 saturated heterocycles. The Morgan fingerprint density at radius 3 is 2.44 bits per heavy atom. The summed E-state index contributed by atoms with van der Waals surface area (Å²) in [4.78, 5) is 0. The fourth-order valence-electron chi connectivity index (χ4n) is 2.38. The van der Waals surface area contributed by atoms with Crippen molar-refractivity contribution < 1.29 is 9.52 Å². The van der Waals surface area contributed by atoms with E-state index in [9.17, 15) is 5.11 Å². The average Bonchev–Trinajstić information content (AvgIpc) is 2.70. The molecule has 102 valence electrons. The third kappa shape index (κ3) is 3.53. The van der Waals surface area contributed by atoms with Crippen LogP contribution in [-0.4, -0.2) is 27.4 Å². The second kappa shape index (κ2) is 4.97. The monoisotopic (exact) mass is 253 g/mol. The third-order valence-electron chi connectivity index (χ3n) is 3.83. The normalized spacial score (nSPS) is 22.0. The number of nitrogens with one attached hydrogen (secondary N) is 1. The van der Waals surface area contributed by atoms with Crippen LogP contribution >= 0.6 is 0 Å². The molecular weight excluding hydrogens is 230 g/mol. The Kier molecular flexibility index (Phi) is 3.73. The molecule has 18 heavy (non-hydrogen) atoms. The standard InChI is InChI=1S/C13H23N3O2/c1-10-15-16-11(18-10)8-14-9-13(17)6-4-12(2,3)5-7-13/h14,17H,4-9H2,1-3H3. The smallest absolute Gasteiger partial charge is 0.230 e. The molecule has 0 radical (unpaired) electrons. The molecule has 1 aromatic rings. The van der Waals surface area contributed by atoms with Gasteiger partial charge in [0.2, 0.25) is 11.8 Å². The summed E-state index contributed by atoms with van der Waals surface area (Å²) in [6, 6.07) is 0. The van der Waals surface area contributed by atoms with Gasteiger partial charge in [0, 0.05) is 13.5 Å². The molecule has 5 heteroatoms. The summed E-state index contributed by atoms with van der Waals surface area (Å²) < 4.78 is 5.27. The van der Waals surface area contributed by atoms with Gasteiger partial charge in [0.25, 0.3) is 0 Å². The molecule has 1 aromatic heterocycles. The van der Waals surface area contributed by atoms with Crippen molar-refractivity contribution in [2.75, 3.05) is 6.54 Å². The van der Waals surface area contributed by atoms with Gasteiger partial charge in [-0.2, -0.15) is 0 Å². The molecule has 0 spiro atoms. The number of rotatable bonds is 4. The molecule has 1 saturated carbocycles. The van der Waals surface area contributed by atoms with Crippen LogP contribution in [0.1, 0.15) is 51.3 Å². The van der Waals surface area contributed by atoms with Crippen LogP contribution in [0.3, 0.4) is 0 Å². The van der Waals surface area contributed by atoms with E-state index in [1.165, 1.54) is 0 Å². The Morgan fingerprint density at radius 1 is 1.22 bits per heavy atom. The fourth-order valence-corrected chi connectivity index (χ4v) is 2.38. The molecule has 0 unspecified atom stereocenters. The van der Waals surface area contributed by atoms with Crippen molar-refractivity contribution in [2.45, 2.75) is 58.6 Å². The summed E-state index contributed by atoms with van der Waals surface area (Å²) in [6.45, 7) is 7.41. The molecule has 0 atom stereocenters. The maximum atomic E-state index is 10.5. The molecular formula is C13H23N3O2. The minimum absolute atomic E-state index is 0.371. The molecule has 1 aliphatic carbocycles. The Hall–Kier alpha value is -0.940. The molecule has 1 fully saturated rings. The molecule has 1 aliphatic rings. The lowest BCUT2D eigenvalue weighted by Crippen LogP contribution is -2.44. The van der Waals surface area contributed by atoms with E-state index in [2.05, 4.69) is 29.4 Å². The van der Waals surface area contributed by atoms with E-state index in [1.807, 2.05) is 0 Å². The Bertz CT molecular complexity index is 391. The van der Waals surface area contributed by atoms with Crippen molar-refractivity contribution in [1.82, 2.24) is 15.5 Å². The van der Waals surface area contributed by atoms with Crippen molar-refractivity contribution in [3.05, 3.63) is 11.8 Å². The zero-order valence-electron chi connectivity index (χ0n) is 11.5. The van der Waals surface area contributed by atoms with Crippen LogP contribution in [-0.2, 0) is 6.54 Å². The second-order valence-electron chi connectivity index (χ2n) is 6.21. The fraction of sp³-hybridized carbons (Fsp3) is 0.846. The predicted molar refractivity (Wildman–Crippen MR) is 67.9 cm³/mol. The topological polar surface area (TPSA) is 71.2 Å². The van der Waals surface area contributed by atoms with Crippen LogP contribution in [0.25, 0.3) is 0 Å². The van der Waals surface area contributed by atoms with E-state index >= 15 is 0 Å². The van der Waals surface area contributed by atoms with Crippen molar-refractivity contribution in [3.63, 3.8) is 0 Å². The quantitative estimate of drug-likeness (QED) is 0.856. The molecule has 0 aromatic carbocycles. The van der Waals surface area contributed by atoms with Crippen LogP contribution < -0.4 is 5.32 Å². The third-order valence-corrected chi connectivity index (χ3v) is 3.83. The number of aryl methyl sites for hydroxylation is 1. The zero-order chi connectivity index (χ0) is 13.2. The van der Waals surface area contributed by atoms with Gasteiger partial charge in [-0.05, 0) is 31.1 Å². The summed E-state index contributed by atoms with van der Waals surface area (Å²) in [5.74, 6) is 1.15. The van der Waals surface area contributed by atoms with Gasteiger partial charge >= 0.3 is 0 Å². The van der Waals surface area contributed by atoms with E-state index < -0.39 is 5.60 Å². The first-order valence-corrected chi connectivity index (χ1v) is 6.61. The van der Waals surface area contributed by atoms with Crippen molar-refractivity contribution >= 4 is 0 Å². The Morgan fingerprint density at radius 2 is 1.89 bits per heavy atom. The van der Waals surface area contributed by atoms with Crippen LogP contribution in [0.5, 0.6) is 0 Å². The lowest BCUT2D eigenvalue weighted by Gasteiger charge is -2.40.